The van der Waals surface area contributed by atoms with Crippen LogP contribution in [-0.2, 0) is 11.8 Å². The summed E-state index contributed by atoms with van der Waals surface area (Å²) >= 11 is 0. The molecule has 0 saturated carbocycles. The summed E-state index contributed by atoms with van der Waals surface area (Å²) < 4.78 is 12.2. The zero-order chi connectivity index (χ0) is 17.3. The van der Waals surface area contributed by atoms with Crippen molar-refractivity contribution in [1.82, 2.24) is 4.57 Å². The maximum Gasteiger partial charge on any atom is 0.312 e. The van der Waals surface area contributed by atoms with E-state index in [2.05, 4.69) is 5.92 Å². The number of hydrogen-bond acceptors (Lipinski definition) is 4. The van der Waals surface area contributed by atoms with Gasteiger partial charge in [-0.15, -0.1) is 6.42 Å². The number of carbonyl (C=O) groups excluding carboxylic acids is 1. The number of carbonyl (C=O) groups is 1. The van der Waals surface area contributed by atoms with E-state index >= 15 is 0 Å². The standard InChI is InChI=1S/C19H17NO4/c1-4-9-23-14-7-5-13(6-8-14)15-11-17(21)24-16-10-12(2)20(3)19(22)18(15)16/h1,5-8,10,15H,9,11H2,2-3H3/t15-/m0/s1. The van der Waals surface area contributed by atoms with Gasteiger partial charge in [-0.05, 0) is 24.6 Å². The SMILES string of the molecule is C#CCOc1ccc([C@@H]2CC(=O)Oc3cc(C)n(C)c(=O)c32)cc1. The van der Waals surface area contributed by atoms with E-state index in [4.69, 9.17) is 15.9 Å². The van der Waals surface area contributed by atoms with Gasteiger partial charge in [0.2, 0.25) is 0 Å². The van der Waals surface area contributed by atoms with Gasteiger partial charge in [0.1, 0.15) is 18.1 Å². The Hall–Kier alpha value is -3.00. The predicted molar refractivity (Wildman–Crippen MR) is 89.3 cm³/mol. The molecule has 1 aliphatic rings. The Morgan fingerprint density at radius 2 is 2.04 bits per heavy atom. The summed E-state index contributed by atoms with van der Waals surface area (Å²) in [6.07, 6.45) is 5.31. The molecule has 122 valence electrons. The lowest BCUT2D eigenvalue weighted by Gasteiger charge is -2.25. The fourth-order valence-corrected chi connectivity index (χ4v) is 2.85. The zero-order valence-electron chi connectivity index (χ0n) is 13.5. The number of rotatable bonds is 3. The van der Waals surface area contributed by atoms with E-state index in [0.29, 0.717) is 17.1 Å². The Kier molecular flexibility index (Phi) is 4.13. The van der Waals surface area contributed by atoms with Crippen molar-refractivity contribution in [2.75, 3.05) is 6.61 Å². The number of terminal acetylenes is 1. The Labute approximate surface area is 139 Å². The van der Waals surface area contributed by atoms with E-state index < -0.39 is 0 Å². The number of pyridine rings is 1. The summed E-state index contributed by atoms with van der Waals surface area (Å²) in [6, 6.07) is 8.98. The van der Waals surface area contributed by atoms with E-state index in [1.54, 1.807) is 36.7 Å². The Bertz CT molecular complexity index is 887. The smallest absolute Gasteiger partial charge is 0.312 e. The molecule has 0 fully saturated rings. The van der Waals surface area contributed by atoms with Crippen molar-refractivity contribution in [3.63, 3.8) is 0 Å². The van der Waals surface area contributed by atoms with Gasteiger partial charge < -0.3 is 14.0 Å². The van der Waals surface area contributed by atoms with Crippen LogP contribution >= 0.6 is 0 Å². The van der Waals surface area contributed by atoms with Gasteiger partial charge in [-0.3, -0.25) is 9.59 Å². The average Bonchev–Trinajstić information content (AvgIpc) is 2.57. The first kappa shape index (κ1) is 15.9. The highest BCUT2D eigenvalue weighted by molar-refractivity contribution is 5.77. The largest absolute Gasteiger partial charge is 0.481 e. The first-order chi connectivity index (χ1) is 11.5. The second kappa shape index (κ2) is 6.25. The molecular formula is C19H17NO4. The third-order valence-corrected chi connectivity index (χ3v) is 4.22. The highest BCUT2D eigenvalue weighted by Gasteiger charge is 2.32. The highest BCUT2D eigenvalue weighted by Crippen LogP contribution is 2.37. The number of benzene rings is 1. The van der Waals surface area contributed by atoms with Crippen molar-refractivity contribution >= 4 is 5.97 Å². The molecule has 0 amide bonds. The first-order valence-electron chi connectivity index (χ1n) is 7.58. The van der Waals surface area contributed by atoms with Crippen LogP contribution in [0.2, 0.25) is 0 Å². The fraction of sp³-hybridized carbons (Fsp3) is 0.263. The van der Waals surface area contributed by atoms with Gasteiger partial charge in [0.15, 0.2) is 0 Å². The molecule has 1 atom stereocenters. The van der Waals surface area contributed by atoms with Crippen molar-refractivity contribution in [2.45, 2.75) is 19.3 Å². The number of esters is 1. The maximum atomic E-state index is 12.7. The number of aromatic nitrogens is 1. The lowest BCUT2D eigenvalue weighted by molar-refractivity contribution is -0.135. The van der Waals surface area contributed by atoms with E-state index in [9.17, 15) is 9.59 Å². The molecule has 0 aliphatic carbocycles. The monoisotopic (exact) mass is 323 g/mol. The van der Waals surface area contributed by atoms with Crippen LogP contribution in [0.1, 0.15) is 29.2 Å². The molecular weight excluding hydrogens is 306 g/mol. The van der Waals surface area contributed by atoms with Crippen LogP contribution in [0.15, 0.2) is 35.1 Å². The lowest BCUT2D eigenvalue weighted by Crippen LogP contribution is -2.31. The summed E-state index contributed by atoms with van der Waals surface area (Å²) in [5.41, 5.74) is 1.97. The van der Waals surface area contributed by atoms with E-state index in [-0.39, 0.29) is 30.5 Å². The molecule has 24 heavy (non-hydrogen) atoms. The van der Waals surface area contributed by atoms with E-state index in [1.807, 2.05) is 12.1 Å². The topological polar surface area (TPSA) is 57.5 Å². The maximum absolute atomic E-state index is 12.7. The molecule has 1 aromatic heterocycles. The minimum Gasteiger partial charge on any atom is -0.481 e. The highest BCUT2D eigenvalue weighted by atomic mass is 16.5. The lowest BCUT2D eigenvalue weighted by atomic mass is 9.87. The third kappa shape index (κ3) is 2.79. The van der Waals surface area contributed by atoms with Crippen molar-refractivity contribution in [3.05, 3.63) is 57.5 Å². The van der Waals surface area contributed by atoms with Crippen molar-refractivity contribution in [2.24, 2.45) is 7.05 Å². The Morgan fingerprint density at radius 3 is 2.71 bits per heavy atom. The zero-order valence-corrected chi connectivity index (χ0v) is 13.5. The summed E-state index contributed by atoms with van der Waals surface area (Å²) in [5, 5.41) is 0. The van der Waals surface area contributed by atoms with Gasteiger partial charge in [0, 0.05) is 24.7 Å². The molecule has 0 bridgehead atoms. The molecule has 1 aromatic carbocycles. The van der Waals surface area contributed by atoms with Gasteiger partial charge in [0.05, 0.1) is 12.0 Å². The molecule has 5 heteroatoms. The summed E-state index contributed by atoms with van der Waals surface area (Å²) in [7, 11) is 1.71. The average molecular weight is 323 g/mol. The Balaban J connectivity index is 2.04. The number of aryl methyl sites for hydroxylation is 1. The minimum absolute atomic E-state index is 0.135. The number of ether oxygens (including phenoxy) is 2. The summed E-state index contributed by atoms with van der Waals surface area (Å²) in [5.74, 6) is 2.73. The molecule has 3 rings (SSSR count). The molecule has 0 radical (unpaired) electrons. The van der Waals surface area contributed by atoms with Crippen LogP contribution in [0.4, 0.5) is 0 Å². The van der Waals surface area contributed by atoms with Crippen LogP contribution in [-0.4, -0.2) is 17.1 Å². The van der Waals surface area contributed by atoms with E-state index in [1.165, 1.54) is 0 Å². The second-order valence-electron chi connectivity index (χ2n) is 5.72. The van der Waals surface area contributed by atoms with Crippen LogP contribution in [0.3, 0.4) is 0 Å². The van der Waals surface area contributed by atoms with Crippen molar-refractivity contribution in [3.8, 4) is 23.8 Å². The normalized spacial score (nSPS) is 16.0. The molecule has 2 heterocycles. The third-order valence-electron chi connectivity index (χ3n) is 4.22. The summed E-state index contributed by atoms with van der Waals surface area (Å²) in [4.78, 5) is 24.6. The predicted octanol–water partition coefficient (Wildman–Crippen LogP) is 2.15. The van der Waals surface area contributed by atoms with Crippen LogP contribution in [0.25, 0.3) is 0 Å². The number of hydrogen-bond donors (Lipinski definition) is 0. The fourth-order valence-electron chi connectivity index (χ4n) is 2.85. The molecule has 2 aromatic rings. The number of fused-ring (bicyclic) bond motifs is 1. The van der Waals surface area contributed by atoms with Gasteiger partial charge in [0.25, 0.3) is 5.56 Å². The molecule has 0 N–H and O–H groups in total. The second-order valence-corrected chi connectivity index (χ2v) is 5.72. The van der Waals surface area contributed by atoms with Gasteiger partial charge in [-0.1, -0.05) is 18.1 Å². The quantitative estimate of drug-likeness (QED) is 0.641. The van der Waals surface area contributed by atoms with Gasteiger partial charge in [-0.2, -0.15) is 0 Å². The molecule has 5 nitrogen and oxygen atoms in total. The molecule has 0 unspecified atom stereocenters. The van der Waals surface area contributed by atoms with Gasteiger partial charge in [-0.25, -0.2) is 0 Å². The summed E-state index contributed by atoms with van der Waals surface area (Å²) in [6.45, 7) is 1.99. The van der Waals surface area contributed by atoms with Crippen LogP contribution in [0.5, 0.6) is 11.5 Å². The van der Waals surface area contributed by atoms with Crippen LogP contribution in [0, 0.1) is 19.3 Å². The Morgan fingerprint density at radius 1 is 1.33 bits per heavy atom. The number of nitrogens with zero attached hydrogens (tertiary/aromatic N) is 1. The van der Waals surface area contributed by atoms with Crippen molar-refractivity contribution < 1.29 is 14.3 Å². The molecule has 0 spiro atoms. The van der Waals surface area contributed by atoms with Crippen molar-refractivity contribution in [1.29, 1.82) is 0 Å². The first-order valence-corrected chi connectivity index (χ1v) is 7.58. The molecule has 0 saturated heterocycles. The minimum atomic E-state index is -0.340. The van der Waals surface area contributed by atoms with Crippen LogP contribution < -0.4 is 15.0 Å². The van der Waals surface area contributed by atoms with Gasteiger partial charge >= 0.3 is 5.97 Å². The van der Waals surface area contributed by atoms with E-state index in [0.717, 1.165) is 11.3 Å². The molecule has 1 aliphatic heterocycles.